The molecule has 0 radical (unpaired) electrons. The Morgan fingerprint density at radius 2 is 2.03 bits per heavy atom. The summed E-state index contributed by atoms with van der Waals surface area (Å²) in [5.41, 5.74) is 3.74. The number of nitrogens with zero attached hydrogens (tertiary/aromatic N) is 2. The first-order valence-electron chi connectivity index (χ1n) is 10.5. The van der Waals surface area contributed by atoms with Crippen molar-refractivity contribution in [3.05, 3.63) is 45.1 Å². The molecule has 0 saturated heterocycles. The van der Waals surface area contributed by atoms with Crippen molar-refractivity contribution in [2.45, 2.75) is 75.9 Å². The second-order valence-electron chi connectivity index (χ2n) is 8.94. The number of hydrogen-bond donors (Lipinski definition) is 3. The fourth-order valence-corrected chi connectivity index (χ4v) is 6.11. The number of carbonyl (C=O) groups is 1. The summed E-state index contributed by atoms with van der Waals surface area (Å²) in [6.07, 6.45) is 1.22. The lowest BCUT2D eigenvalue weighted by molar-refractivity contribution is -0.117. The standard InChI is InChI=1S/C22H31N3O5S2/c1-12(2)15-6-14-9-30-10-17(14)20(13(3)4)16(15)7-18(27)25-32(23,29)19-8-24-21(31-19)22(5,28)11-26/h6,8,12-13,26,28H,7,9-11H2,1-5H3,(H2,23,25,27,29). The second kappa shape index (κ2) is 9.28. The third-order valence-electron chi connectivity index (χ3n) is 5.53. The molecule has 2 unspecified atom stereocenters. The molecule has 0 aliphatic carbocycles. The number of thiazole rings is 1. The smallest absolute Gasteiger partial charge is 0.259 e. The Morgan fingerprint density at radius 3 is 2.62 bits per heavy atom. The van der Waals surface area contributed by atoms with E-state index in [1.807, 2.05) is 0 Å². The number of aromatic nitrogens is 1. The van der Waals surface area contributed by atoms with Crippen molar-refractivity contribution in [1.82, 2.24) is 4.98 Å². The average Bonchev–Trinajstić information content (AvgIpc) is 3.36. The summed E-state index contributed by atoms with van der Waals surface area (Å²) in [4.78, 5) is 16.9. The molecule has 32 heavy (non-hydrogen) atoms. The maximum atomic E-state index is 13.0. The van der Waals surface area contributed by atoms with Crippen molar-refractivity contribution in [2.75, 3.05) is 6.61 Å². The van der Waals surface area contributed by atoms with Crippen molar-refractivity contribution in [3.8, 4) is 0 Å². The van der Waals surface area contributed by atoms with Crippen LogP contribution in [0.15, 0.2) is 20.8 Å². The lowest BCUT2D eigenvalue weighted by Crippen LogP contribution is -2.25. The van der Waals surface area contributed by atoms with Crippen LogP contribution in [0, 0.1) is 0 Å². The topological polar surface area (TPSA) is 135 Å². The molecule has 0 saturated carbocycles. The zero-order valence-corrected chi connectivity index (χ0v) is 20.7. The molecule has 8 nitrogen and oxygen atoms in total. The normalized spacial score (nSPS) is 17.3. The summed E-state index contributed by atoms with van der Waals surface area (Å²) in [6, 6.07) is 2.10. The highest BCUT2D eigenvalue weighted by molar-refractivity contribution is 7.93. The van der Waals surface area contributed by atoms with Crippen LogP contribution in [0.4, 0.5) is 0 Å². The molecule has 2 atom stereocenters. The second-order valence-corrected chi connectivity index (χ2v) is 12.0. The van der Waals surface area contributed by atoms with Crippen LogP contribution in [0.3, 0.4) is 0 Å². The number of aliphatic hydroxyl groups excluding tert-OH is 1. The highest BCUT2D eigenvalue weighted by Gasteiger charge is 2.29. The molecular formula is C22H31N3O5S2. The Morgan fingerprint density at radius 1 is 1.34 bits per heavy atom. The molecule has 176 valence electrons. The highest BCUT2D eigenvalue weighted by atomic mass is 32.2. The fraction of sp³-hybridized carbons (Fsp3) is 0.545. The molecular weight excluding hydrogens is 450 g/mol. The van der Waals surface area contributed by atoms with E-state index in [1.165, 1.54) is 13.1 Å². The third-order valence-corrected chi connectivity index (χ3v) is 8.69. The van der Waals surface area contributed by atoms with Gasteiger partial charge >= 0.3 is 0 Å². The number of benzene rings is 1. The van der Waals surface area contributed by atoms with Crippen molar-refractivity contribution >= 4 is 27.2 Å². The lowest BCUT2D eigenvalue weighted by atomic mass is 9.82. The van der Waals surface area contributed by atoms with Crippen molar-refractivity contribution in [2.24, 2.45) is 9.50 Å². The van der Waals surface area contributed by atoms with Crippen LogP contribution in [0.2, 0.25) is 0 Å². The van der Waals surface area contributed by atoms with Gasteiger partial charge in [0.05, 0.1) is 32.4 Å². The van der Waals surface area contributed by atoms with E-state index in [0.29, 0.717) is 13.2 Å². The van der Waals surface area contributed by atoms with E-state index in [0.717, 1.165) is 39.2 Å². The van der Waals surface area contributed by atoms with Crippen LogP contribution in [0.5, 0.6) is 0 Å². The molecule has 1 amide bonds. The molecule has 1 aliphatic heterocycles. The van der Waals surface area contributed by atoms with Gasteiger partial charge in [0.25, 0.3) is 5.91 Å². The van der Waals surface area contributed by atoms with Crippen LogP contribution in [-0.4, -0.2) is 31.9 Å². The Balaban J connectivity index is 2.00. The van der Waals surface area contributed by atoms with E-state index in [9.17, 15) is 19.2 Å². The van der Waals surface area contributed by atoms with Crippen molar-refractivity contribution in [3.63, 3.8) is 0 Å². The Hall–Kier alpha value is -1.69. The van der Waals surface area contributed by atoms with Crippen LogP contribution in [0.25, 0.3) is 0 Å². The minimum absolute atomic E-state index is 0.0114. The molecule has 4 N–H and O–H groups in total. The van der Waals surface area contributed by atoms with Crippen LogP contribution in [0.1, 0.15) is 79.3 Å². The van der Waals surface area contributed by atoms with E-state index in [4.69, 9.17) is 9.88 Å². The monoisotopic (exact) mass is 481 g/mol. The van der Waals surface area contributed by atoms with Gasteiger partial charge in [-0.1, -0.05) is 33.8 Å². The van der Waals surface area contributed by atoms with Crippen LogP contribution < -0.4 is 5.14 Å². The number of ether oxygens (including phenoxy) is 1. The van der Waals surface area contributed by atoms with Gasteiger partial charge in [-0.15, -0.1) is 15.7 Å². The Labute approximate surface area is 193 Å². The van der Waals surface area contributed by atoms with Gasteiger partial charge in [0.1, 0.15) is 14.8 Å². The SMILES string of the molecule is CC(C)c1cc2c(c(C(C)C)c1CC(=O)N=S(N)(=O)c1cnc(C(C)(O)CO)s1)COC2. The fourth-order valence-electron chi connectivity index (χ4n) is 3.94. The number of nitrogens with two attached hydrogens (primary N) is 1. The van der Waals surface area contributed by atoms with Gasteiger partial charge in [-0.3, -0.25) is 4.79 Å². The van der Waals surface area contributed by atoms with Gasteiger partial charge in [0.2, 0.25) is 0 Å². The van der Waals surface area contributed by atoms with Crippen LogP contribution in [-0.2, 0) is 44.7 Å². The zero-order chi connectivity index (χ0) is 23.8. The Kier molecular flexibility index (Phi) is 7.23. The molecule has 1 aromatic heterocycles. The molecule has 2 heterocycles. The van der Waals surface area contributed by atoms with Gasteiger partial charge in [0, 0.05) is 0 Å². The molecule has 2 aromatic rings. The first-order valence-corrected chi connectivity index (χ1v) is 12.9. The quantitative estimate of drug-likeness (QED) is 0.556. The van der Waals surface area contributed by atoms with E-state index in [1.54, 1.807) is 0 Å². The van der Waals surface area contributed by atoms with Gasteiger partial charge in [-0.25, -0.2) is 14.3 Å². The number of hydrogen-bond acceptors (Lipinski definition) is 7. The lowest BCUT2D eigenvalue weighted by Gasteiger charge is -2.22. The predicted octanol–water partition coefficient (Wildman–Crippen LogP) is 3.09. The summed E-state index contributed by atoms with van der Waals surface area (Å²) < 4.78 is 22.6. The van der Waals surface area contributed by atoms with Gasteiger partial charge in [-0.2, -0.15) is 0 Å². The predicted molar refractivity (Wildman–Crippen MR) is 124 cm³/mol. The van der Waals surface area contributed by atoms with E-state index >= 15 is 0 Å². The van der Waals surface area contributed by atoms with Crippen LogP contribution >= 0.6 is 11.3 Å². The number of rotatable bonds is 7. The molecule has 3 rings (SSSR count). The maximum Gasteiger partial charge on any atom is 0.259 e. The van der Waals surface area contributed by atoms with E-state index in [2.05, 4.69) is 43.1 Å². The first kappa shape index (κ1) is 24.9. The zero-order valence-electron chi connectivity index (χ0n) is 19.0. The molecule has 0 bridgehead atoms. The van der Waals surface area contributed by atoms with Gasteiger partial charge < -0.3 is 14.9 Å². The molecule has 1 aromatic carbocycles. The summed E-state index contributed by atoms with van der Waals surface area (Å²) in [6.45, 7) is 10.2. The maximum absolute atomic E-state index is 13.0. The number of fused-ring (bicyclic) bond motifs is 1. The minimum Gasteiger partial charge on any atom is -0.393 e. The van der Waals surface area contributed by atoms with Gasteiger partial charge in [-0.05, 0) is 46.6 Å². The molecule has 10 heteroatoms. The van der Waals surface area contributed by atoms with Gasteiger partial charge in [0.15, 0.2) is 9.92 Å². The summed E-state index contributed by atoms with van der Waals surface area (Å²) in [7, 11) is -3.54. The highest BCUT2D eigenvalue weighted by Crippen LogP contribution is 2.37. The average molecular weight is 482 g/mol. The molecule has 1 aliphatic rings. The van der Waals surface area contributed by atoms with Crippen molar-refractivity contribution in [1.29, 1.82) is 0 Å². The first-order chi connectivity index (χ1) is 14.9. The summed E-state index contributed by atoms with van der Waals surface area (Å²) in [5, 5.41) is 25.5. The largest absolute Gasteiger partial charge is 0.393 e. The van der Waals surface area contributed by atoms with E-state index in [-0.39, 0.29) is 27.5 Å². The number of amides is 1. The molecule has 0 fully saturated rings. The number of aliphatic hydroxyl groups is 2. The molecule has 0 spiro atoms. The summed E-state index contributed by atoms with van der Waals surface area (Å²) >= 11 is 0.868. The summed E-state index contributed by atoms with van der Waals surface area (Å²) in [5.74, 6) is -0.212. The van der Waals surface area contributed by atoms with E-state index < -0.39 is 28.0 Å². The third kappa shape index (κ3) is 4.95. The minimum atomic E-state index is -3.54. The number of carbonyl (C=O) groups excluding carboxylic acids is 1. The Bertz CT molecular complexity index is 1140. The van der Waals surface area contributed by atoms with Crippen molar-refractivity contribution < 1.29 is 24.0 Å².